The van der Waals surface area contributed by atoms with E-state index in [9.17, 15) is 14.9 Å². The van der Waals surface area contributed by atoms with Gasteiger partial charge in [0, 0.05) is 83.2 Å². The molecule has 0 aliphatic carbocycles. The van der Waals surface area contributed by atoms with E-state index in [1.165, 1.54) is 49.7 Å². The van der Waals surface area contributed by atoms with Crippen LogP contribution in [0.1, 0.15) is 42.6 Å². The lowest BCUT2D eigenvalue weighted by atomic mass is 9.99. The largest absolute Gasteiger partial charge is 0.379 e. The number of anilines is 2. The van der Waals surface area contributed by atoms with Gasteiger partial charge in [-0.25, -0.2) is 0 Å². The molecular formula is C47H56ClN7O3S2. The molecule has 60 heavy (non-hydrogen) atoms. The zero-order chi connectivity index (χ0) is 42.1. The number of nitro benzene ring substituents is 1. The van der Waals surface area contributed by atoms with Crippen molar-refractivity contribution in [3.63, 3.8) is 0 Å². The average Bonchev–Trinajstić information content (AvgIpc) is 3.29. The highest BCUT2D eigenvalue weighted by Gasteiger charge is 2.20. The van der Waals surface area contributed by atoms with E-state index in [2.05, 4.69) is 80.3 Å². The Morgan fingerprint density at radius 2 is 1.50 bits per heavy atom. The van der Waals surface area contributed by atoms with Crippen LogP contribution in [-0.4, -0.2) is 91.3 Å². The fourth-order valence-corrected chi connectivity index (χ4v) is 9.00. The minimum atomic E-state index is -0.405. The number of thioether (sulfide) groups is 1. The molecule has 2 fully saturated rings. The van der Waals surface area contributed by atoms with Gasteiger partial charge in [-0.15, -0.1) is 11.8 Å². The van der Waals surface area contributed by atoms with Crippen molar-refractivity contribution >= 4 is 58.3 Å². The van der Waals surface area contributed by atoms with E-state index in [1.807, 2.05) is 66.7 Å². The Morgan fingerprint density at radius 1 is 0.800 bits per heavy atom. The van der Waals surface area contributed by atoms with Crippen LogP contribution in [0.2, 0.25) is 5.02 Å². The van der Waals surface area contributed by atoms with Crippen molar-refractivity contribution < 1.29 is 9.72 Å². The van der Waals surface area contributed by atoms with Crippen molar-refractivity contribution in [1.29, 1.82) is 0 Å². The second-order valence-corrected chi connectivity index (χ2v) is 17.3. The Balaban J connectivity index is 0.000000477. The number of piperidine rings is 1. The van der Waals surface area contributed by atoms with Crippen LogP contribution in [0, 0.1) is 10.1 Å². The highest BCUT2D eigenvalue weighted by molar-refractivity contribution is 7.99. The Bertz CT molecular complexity index is 2100. The predicted octanol–water partition coefficient (Wildman–Crippen LogP) is 9.96. The minimum Gasteiger partial charge on any atom is -0.379 e. The van der Waals surface area contributed by atoms with Crippen molar-refractivity contribution in [1.82, 2.24) is 19.8 Å². The normalized spacial score (nSPS) is 14.9. The Kier molecular flexibility index (Phi) is 17.6. The lowest BCUT2D eigenvalue weighted by Gasteiger charge is -2.36. The molecule has 2 saturated heterocycles. The van der Waals surface area contributed by atoms with Gasteiger partial charge in [0.15, 0.2) is 0 Å². The highest BCUT2D eigenvalue weighted by atomic mass is 35.5. The van der Waals surface area contributed by atoms with Crippen molar-refractivity contribution in [2.24, 2.45) is 0 Å². The third-order valence-corrected chi connectivity index (χ3v) is 12.9. The summed E-state index contributed by atoms with van der Waals surface area (Å²) in [7, 11) is 0. The Hall–Kier alpha value is -4.56. The van der Waals surface area contributed by atoms with E-state index in [0.717, 1.165) is 84.2 Å². The molecule has 0 bridgehead atoms. The number of carbonyl (C=O) groups excluding carboxylic acids is 1. The molecule has 7 rings (SSSR count). The van der Waals surface area contributed by atoms with Crippen LogP contribution in [0.5, 0.6) is 0 Å². The van der Waals surface area contributed by atoms with Gasteiger partial charge < -0.3 is 20.4 Å². The molecule has 0 aromatic heterocycles. The van der Waals surface area contributed by atoms with Gasteiger partial charge in [0.1, 0.15) is 5.69 Å². The summed E-state index contributed by atoms with van der Waals surface area (Å²) in [4.78, 5) is 33.4. The van der Waals surface area contributed by atoms with E-state index in [-0.39, 0.29) is 11.6 Å². The van der Waals surface area contributed by atoms with Crippen LogP contribution in [0.4, 0.5) is 17.1 Å². The van der Waals surface area contributed by atoms with Crippen LogP contribution in [-0.2, 0) is 6.54 Å². The molecule has 2 aliphatic heterocycles. The highest BCUT2D eigenvalue weighted by Crippen LogP contribution is 2.31. The molecule has 316 valence electrons. The molecule has 2 aliphatic rings. The fraction of sp³-hybridized carbons (Fsp3) is 0.340. The molecule has 0 atom stereocenters. The topological polar surface area (TPSA) is 106 Å². The number of amides is 1. The molecule has 10 nitrogen and oxygen atoms in total. The molecule has 0 radical (unpaired) electrons. The first-order chi connectivity index (χ1) is 29.3. The molecule has 0 spiro atoms. The molecule has 2 heterocycles. The van der Waals surface area contributed by atoms with Crippen LogP contribution in [0.15, 0.2) is 131 Å². The summed E-state index contributed by atoms with van der Waals surface area (Å²) < 4.78 is 2.82. The third-order valence-electron chi connectivity index (χ3n) is 10.8. The SMILES string of the molecule is CCNC1CCN(CC)CC1.O=C(NSc1ccc(NCCSc2ccccc2)c([N+](=O)[O-])c1)c1ccc(N2CCN(Cc3ccccc3-c3ccc(Cl)cc3)CC2)cc1. The van der Waals surface area contributed by atoms with Gasteiger partial charge in [0.25, 0.3) is 11.6 Å². The number of hydrogen-bond acceptors (Lipinski definition) is 10. The van der Waals surface area contributed by atoms with Crippen LogP contribution in [0.25, 0.3) is 11.1 Å². The number of rotatable bonds is 16. The van der Waals surface area contributed by atoms with Crippen molar-refractivity contribution in [3.05, 3.63) is 148 Å². The molecule has 5 aromatic carbocycles. The summed E-state index contributed by atoms with van der Waals surface area (Å²) in [5, 5.41) is 19.2. The van der Waals surface area contributed by atoms with E-state index in [0.29, 0.717) is 22.7 Å². The number of piperazine rings is 1. The average molecular weight is 867 g/mol. The second kappa shape index (κ2) is 23.4. The number of carbonyl (C=O) groups is 1. The monoisotopic (exact) mass is 865 g/mol. The summed E-state index contributed by atoms with van der Waals surface area (Å²) >= 11 is 8.86. The second-order valence-electron chi connectivity index (χ2n) is 14.8. The van der Waals surface area contributed by atoms with Gasteiger partial charge in [0.05, 0.1) is 4.92 Å². The molecular weight excluding hydrogens is 810 g/mol. The molecule has 3 N–H and O–H groups in total. The number of halogens is 1. The summed E-state index contributed by atoms with van der Waals surface area (Å²) in [5.41, 5.74) is 5.71. The zero-order valence-electron chi connectivity index (χ0n) is 34.5. The van der Waals surface area contributed by atoms with Crippen LogP contribution < -0.4 is 20.3 Å². The smallest absolute Gasteiger partial charge is 0.293 e. The summed E-state index contributed by atoms with van der Waals surface area (Å²) in [6, 6.07) is 39.9. The molecule has 0 unspecified atom stereocenters. The standard InChI is InChI=1S/C38H36ClN5O3S2.C9H20N2/c39-31-14-10-28(11-15-31)35-9-5-4-6-30(35)27-42-21-23-43(24-22-42)32-16-12-29(13-17-32)38(45)41-49-34-18-19-36(37(26-34)44(46)47)40-20-25-48-33-7-2-1-3-8-33;1-3-10-9-5-7-11(4-2)8-6-9/h1-19,26,40H,20-25,27H2,(H,41,45);9-10H,3-8H2,1-2H3. The van der Waals surface area contributed by atoms with E-state index < -0.39 is 4.92 Å². The van der Waals surface area contributed by atoms with Gasteiger partial charge >= 0.3 is 0 Å². The maximum absolute atomic E-state index is 12.9. The van der Waals surface area contributed by atoms with Gasteiger partial charge in [-0.05, 0) is 128 Å². The molecule has 0 saturated carbocycles. The minimum absolute atomic E-state index is 0.0285. The van der Waals surface area contributed by atoms with Crippen molar-refractivity contribution in [2.45, 2.75) is 49.1 Å². The Morgan fingerprint density at radius 3 is 2.18 bits per heavy atom. The van der Waals surface area contributed by atoms with Gasteiger partial charge in [-0.1, -0.05) is 80.0 Å². The number of nitro groups is 1. The fourth-order valence-electron chi connectivity index (χ4n) is 7.45. The van der Waals surface area contributed by atoms with E-state index in [1.54, 1.807) is 23.9 Å². The van der Waals surface area contributed by atoms with Crippen LogP contribution >= 0.6 is 35.3 Å². The van der Waals surface area contributed by atoms with Gasteiger partial charge in [-0.2, -0.15) is 0 Å². The van der Waals surface area contributed by atoms with Crippen molar-refractivity contribution in [3.8, 4) is 11.1 Å². The quantitative estimate of drug-likeness (QED) is 0.0292. The van der Waals surface area contributed by atoms with Crippen LogP contribution in [0.3, 0.4) is 0 Å². The number of benzene rings is 5. The molecule has 13 heteroatoms. The predicted molar refractivity (Wildman–Crippen MR) is 252 cm³/mol. The number of nitrogens with zero attached hydrogens (tertiary/aromatic N) is 4. The molecule has 5 aromatic rings. The third kappa shape index (κ3) is 13.5. The summed E-state index contributed by atoms with van der Waals surface area (Å²) in [5.74, 6) is 0.507. The summed E-state index contributed by atoms with van der Waals surface area (Å²) in [6.07, 6.45) is 2.67. The lowest BCUT2D eigenvalue weighted by Crippen LogP contribution is -2.46. The maximum atomic E-state index is 12.9. The van der Waals surface area contributed by atoms with Crippen molar-refractivity contribution in [2.75, 3.05) is 74.9 Å². The van der Waals surface area contributed by atoms with Gasteiger partial charge in [0.2, 0.25) is 0 Å². The van der Waals surface area contributed by atoms with E-state index >= 15 is 0 Å². The summed E-state index contributed by atoms with van der Waals surface area (Å²) in [6.45, 7) is 14.4. The number of likely N-dealkylation sites (tertiary alicyclic amines) is 1. The number of hydrogen-bond donors (Lipinski definition) is 3. The first-order valence-electron chi connectivity index (χ1n) is 20.8. The zero-order valence-corrected chi connectivity index (χ0v) is 36.9. The number of nitrogens with one attached hydrogen (secondary N) is 3. The molecule has 1 amide bonds. The first-order valence-corrected chi connectivity index (χ1v) is 23.0. The van der Waals surface area contributed by atoms with E-state index in [4.69, 9.17) is 11.6 Å². The lowest BCUT2D eigenvalue weighted by molar-refractivity contribution is -0.384. The van der Waals surface area contributed by atoms with Gasteiger partial charge in [-0.3, -0.25) is 24.5 Å². The maximum Gasteiger partial charge on any atom is 0.293 e. The Labute approximate surface area is 368 Å². The first kappa shape index (κ1) is 45.0.